The molecule has 0 unspecified atom stereocenters. The SMILES string of the molecule is O=C(O)c1ccc2c(C3CCCCC3)c(-c3ccc4nc(-c5ccccc5F)cnc4c3)n(CC(=O)N3CCOCC3)c2c1. The molecule has 2 aromatic heterocycles. The minimum Gasteiger partial charge on any atom is -0.478 e. The average molecular weight is 593 g/mol. The maximum absolute atomic E-state index is 14.5. The van der Waals surface area contributed by atoms with E-state index in [4.69, 9.17) is 9.72 Å². The number of nitrogens with zero attached hydrogens (tertiary/aromatic N) is 4. The highest BCUT2D eigenvalue weighted by Gasteiger charge is 2.29. The monoisotopic (exact) mass is 592 g/mol. The molecule has 224 valence electrons. The molecule has 2 fully saturated rings. The number of carbonyl (C=O) groups is 2. The van der Waals surface area contributed by atoms with E-state index in [2.05, 4.69) is 4.98 Å². The van der Waals surface area contributed by atoms with Crippen molar-refractivity contribution < 1.29 is 23.8 Å². The molecule has 0 radical (unpaired) electrons. The first-order valence-electron chi connectivity index (χ1n) is 15.2. The van der Waals surface area contributed by atoms with Gasteiger partial charge in [-0.1, -0.05) is 43.5 Å². The summed E-state index contributed by atoms with van der Waals surface area (Å²) in [7, 11) is 0. The van der Waals surface area contributed by atoms with Gasteiger partial charge in [0, 0.05) is 29.6 Å². The highest BCUT2D eigenvalue weighted by molar-refractivity contribution is 5.99. The van der Waals surface area contributed by atoms with Gasteiger partial charge in [0.25, 0.3) is 0 Å². The van der Waals surface area contributed by atoms with Gasteiger partial charge in [-0.2, -0.15) is 0 Å². The van der Waals surface area contributed by atoms with E-state index in [1.807, 2.05) is 33.7 Å². The second-order valence-electron chi connectivity index (χ2n) is 11.7. The first kappa shape index (κ1) is 28.2. The van der Waals surface area contributed by atoms with Crippen LogP contribution in [-0.4, -0.2) is 62.7 Å². The molecule has 0 spiro atoms. The van der Waals surface area contributed by atoms with Crippen LogP contribution in [0.3, 0.4) is 0 Å². The van der Waals surface area contributed by atoms with Gasteiger partial charge in [-0.05, 0) is 60.7 Å². The normalized spacial score (nSPS) is 16.1. The van der Waals surface area contributed by atoms with Crippen molar-refractivity contribution in [2.75, 3.05) is 26.3 Å². The molecule has 3 aromatic carbocycles. The number of carboxylic acids is 1. The second kappa shape index (κ2) is 11.8. The van der Waals surface area contributed by atoms with Crippen LogP contribution >= 0.6 is 0 Å². The molecule has 1 saturated heterocycles. The molecule has 0 atom stereocenters. The largest absolute Gasteiger partial charge is 0.478 e. The van der Waals surface area contributed by atoms with Gasteiger partial charge in [0.05, 0.1) is 52.9 Å². The summed E-state index contributed by atoms with van der Waals surface area (Å²) in [6.07, 6.45) is 7.09. The summed E-state index contributed by atoms with van der Waals surface area (Å²) in [5.41, 5.74) is 6.01. The summed E-state index contributed by atoms with van der Waals surface area (Å²) in [5.74, 6) is -1.11. The Hall–Kier alpha value is -4.63. The Kier molecular flexibility index (Phi) is 7.56. The van der Waals surface area contributed by atoms with Gasteiger partial charge in [-0.25, -0.2) is 14.2 Å². The molecule has 8 nitrogen and oxygen atoms in total. The minimum absolute atomic E-state index is 0.0301. The van der Waals surface area contributed by atoms with Gasteiger partial charge in [-0.15, -0.1) is 0 Å². The van der Waals surface area contributed by atoms with E-state index in [9.17, 15) is 19.1 Å². The predicted molar refractivity (Wildman–Crippen MR) is 166 cm³/mol. The van der Waals surface area contributed by atoms with Crippen LogP contribution in [0.2, 0.25) is 0 Å². The Morgan fingerprint density at radius 3 is 2.52 bits per heavy atom. The first-order valence-corrected chi connectivity index (χ1v) is 15.2. The van der Waals surface area contributed by atoms with Crippen molar-refractivity contribution in [2.24, 2.45) is 0 Å². The van der Waals surface area contributed by atoms with E-state index >= 15 is 0 Å². The second-order valence-corrected chi connectivity index (χ2v) is 11.7. The van der Waals surface area contributed by atoms with Crippen molar-refractivity contribution in [2.45, 2.75) is 44.6 Å². The van der Waals surface area contributed by atoms with Gasteiger partial charge < -0.3 is 19.3 Å². The number of ether oxygens (including phenoxy) is 1. The molecule has 0 bridgehead atoms. The van der Waals surface area contributed by atoms with Crippen molar-refractivity contribution in [1.82, 2.24) is 19.4 Å². The minimum atomic E-state index is -1.01. The highest BCUT2D eigenvalue weighted by Crippen LogP contribution is 2.45. The number of benzene rings is 3. The number of aromatic carboxylic acids is 1. The molecular weight excluding hydrogens is 559 g/mol. The smallest absolute Gasteiger partial charge is 0.335 e. The summed E-state index contributed by atoms with van der Waals surface area (Å²) in [4.78, 5) is 36.9. The van der Waals surface area contributed by atoms with Gasteiger partial charge in [-0.3, -0.25) is 9.78 Å². The van der Waals surface area contributed by atoms with Crippen LogP contribution in [0.25, 0.3) is 44.5 Å². The molecular formula is C35H33FN4O4. The van der Waals surface area contributed by atoms with Gasteiger partial charge in [0.1, 0.15) is 12.4 Å². The average Bonchev–Trinajstić information content (AvgIpc) is 3.38. The molecule has 1 aliphatic heterocycles. The number of fused-ring (bicyclic) bond motifs is 2. The lowest BCUT2D eigenvalue weighted by molar-refractivity contribution is -0.135. The number of halogens is 1. The van der Waals surface area contributed by atoms with Crippen LogP contribution in [0.5, 0.6) is 0 Å². The standard InChI is InChI=1S/C35H33FN4O4/c36-27-9-5-4-8-25(27)30-20-37-29-18-23(11-13-28(29)38-30)34-33(22-6-2-1-3-7-22)26-12-10-24(35(42)43)19-31(26)40(34)21-32(41)39-14-16-44-17-15-39/h4-5,8-13,18-20,22H,1-3,6-7,14-17,21H2,(H,42,43). The summed E-state index contributed by atoms with van der Waals surface area (Å²) >= 11 is 0. The molecule has 1 saturated carbocycles. The summed E-state index contributed by atoms with van der Waals surface area (Å²) in [6, 6.07) is 17.6. The molecule has 1 amide bonds. The molecule has 44 heavy (non-hydrogen) atoms. The first-order chi connectivity index (χ1) is 21.5. The summed E-state index contributed by atoms with van der Waals surface area (Å²) in [6.45, 7) is 2.13. The topological polar surface area (TPSA) is 97.5 Å². The Morgan fingerprint density at radius 2 is 1.75 bits per heavy atom. The predicted octanol–water partition coefficient (Wildman–Crippen LogP) is 6.66. The van der Waals surface area contributed by atoms with E-state index in [1.165, 1.54) is 12.5 Å². The van der Waals surface area contributed by atoms with Crippen molar-refractivity contribution in [3.63, 3.8) is 0 Å². The lowest BCUT2D eigenvalue weighted by atomic mass is 9.81. The van der Waals surface area contributed by atoms with Crippen molar-refractivity contribution in [3.8, 4) is 22.5 Å². The van der Waals surface area contributed by atoms with Gasteiger partial charge in [0.15, 0.2) is 0 Å². The highest BCUT2D eigenvalue weighted by atomic mass is 19.1. The Balaban J connectivity index is 1.41. The summed E-state index contributed by atoms with van der Waals surface area (Å²) < 4.78 is 22.0. The molecule has 1 N–H and O–H groups in total. The number of hydrogen-bond acceptors (Lipinski definition) is 5. The van der Waals surface area contributed by atoms with Crippen LogP contribution in [0, 0.1) is 5.82 Å². The van der Waals surface area contributed by atoms with E-state index < -0.39 is 5.97 Å². The third-order valence-corrected chi connectivity index (χ3v) is 8.99. The maximum Gasteiger partial charge on any atom is 0.335 e. The third-order valence-electron chi connectivity index (χ3n) is 8.99. The van der Waals surface area contributed by atoms with Crippen LogP contribution in [0.15, 0.2) is 66.9 Å². The van der Waals surface area contributed by atoms with Crippen molar-refractivity contribution >= 4 is 33.8 Å². The van der Waals surface area contributed by atoms with Crippen molar-refractivity contribution in [1.29, 1.82) is 0 Å². The maximum atomic E-state index is 14.5. The lowest BCUT2D eigenvalue weighted by Gasteiger charge is -2.28. The molecule has 2 aliphatic rings. The number of carbonyl (C=O) groups excluding carboxylic acids is 1. The molecule has 5 aromatic rings. The number of aromatic nitrogens is 3. The number of rotatable bonds is 6. The van der Waals surface area contributed by atoms with E-state index in [-0.39, 0.29) is 29.8 Å². The zero-order chi connectivity index (χ0) is 30.2. The molecule has 7 rings (SSSR count). The molecule has 9 heteroatoms. The zero-order valence-electron chi connectivity index (χ0n) is 24.3. The van der Waals surface area contributed by atoms with Gasteiger partial charge in [0.2, 0.25) is 5.91 Å². The van der Waals surface area contributed by atoms with Crippen LogP contribution in [-0.2, 0) is 16.1 Å². The fourth-order valence-corrected chi connectivity index (χ4v) is 6.79. The lowest BCUT2D eigenvalue weighted by Crippen LogP contribution is -2.42. The van der Waals surface area contributed by atoms with Crippen LogP contribution < -0.4 is 0 Å². The molecule has 3 heterocycles. The summed E-state index contributed by atoms with van der Waals surface area (Å²) in [5, 5.41) is 10.8. The van der Waals surface area contributed by atoms with Crippen molar-refractivity contribution in [3.05, 3.63) is 83.8 Å². The van der Waals surface area contributed by atoms with Gasteiger partial charge >= 0.3 is 5.97 Å². The Bertz CT molecular complexity index is 1890. The van der Waals surface area contributed by atoms with Crippen LogP contribution in [0.1, 0.15) is 53.9 Å². The fourth-order valence-electron chi connectivity index (χ4n) is 6.79. The number of amides is 1. The Morgan fingerprint density at radius 1 is 0.955 bits per heavy atom. The Labute approximate surface area is 254 Å². The quantitative estimate of drug-likeness (QED) is 0.237. The fraction of sp³-hybridized carbons (Fsp3) is 0.314. The molecule has 1 aliphatic carbocycles. The number of carboxylic acid groups (broad SMARTS) is 1. The van der Waals surface area contributed by atoms with E-state index in [1.54, 1.807) is 36.5 Å². The zero-order valence-corrected chi connectivity index (χ0v) is 24.3. The number of hydrogen-bond donors (Lipinski definition) is 1. The third kappa shape index (κ3) is 5.21. The van der Waals surface area contributed by atoms with E-state index in [0.717, 1.165) is 53.4 Å². The van der Waals surface area contributed by atoms with E-state index in [0.29, 0.717) is 48.6 Å². The number of morpholine rings is 1. The van der Waals surface area contributed by atoms with Crippen LogP contribution in [0.4, 0.5) is 4.39 Å².